The molecule has 7 heteroatoms. The number of aryl methyl sites for hydroxylation is 1. The van der Waals surface area contributed by atoms with E-state index in [-0.39, 0.29) is 11.9 Å². The van der Waals surface area contributed by atoms with Gasteiger partial charge in [-0.05, 0) is 24.6 Å². The molecule has 3 rings (SSSR count). The van der Waals surface area contributed by atoms with E-state index < -0.39 is 6.04 Å². The molecule has 0 aliphatic carbocycles. The summed E-state index contributed by atoms with van der Waals surface area (Å²) in [5.74, 6) is -0.269. The van der Waals surface area contributed by atoms with Crippen LogP contribution in [0, 0.1) is 6.92 Å². The summed E-state index contributed by atoms with van der Waals surface area (Å²) in [5.41, 5.74) is 1.57. The summed E-state index contributed by atoms with van der Waals surface area (Å²) in [4.78, 5) is 31.9. The Morgan fingerprint density at radius 2 is 2.10 bits per heavy atom. The fraction of sp³-hybridized carbons (Fsp3) is 0.214. The van der Waals surface area contributed by atoms with Crippen molar-refractivity contribution in [3.8, 4) is 0 Å². The van der Waals surface area contributed by atoms with Crippen LogP contribution in [0.2, 0.25) is 0 Å². The molecule has 108 valence electrons. The van der Waals surface area contributed by atoms with Crippen LogP contribution in [-0.4, -0.2) is 28.9 Å². The Morgan fingerprint density at radius 3 is 2.71 bits per heavy atom. The zero-order valence-corrected chi connectivity index (χ0v) is 13.8. The van der Waals surface area contributed by atoms with Gasteiger partial charge in [0.25, 0.3) is 5.91 Å². The van der Waals surface area contributed by atoms with E-state index >= 15 is 0 Å². The highest BCUT2D eigenvalue weighted by molar-refractivity contribution is 9.10. The van der Waals surface area contributed by atoms with Gasteiger partial charge in [-0.25, -0.2) is 14.7 Å². The molecule has 0 N–H and O–H groups in total. The van der Waals surface area contributed by atoms with Crippen LogP contribution in [-0.2, 0) is 4.79 Å². The van der Waals surface area contributed by atoms with E-state index in [0.717, 1.165) is 20.6 Å². The summed E-state index contributed by atoms with van der Waals surface area (Å²) in [5, 5.41) is 2.24. The quantitative estimate of drug-likeness (QED) is 0.766. The first-order valence-corrected chi connectivity index (χ1v) is 7.94. The van der Waals surface area contributed by atoms with E-state index in [1.807, 2.05) is 36.6 Å². The van der Waals surface area contributed by atoms with Gasteiger partial charge >= 0.3 is 6.03 Å². The fourth-order valence-electron chi connectivity index (χ4n) is 2.31. The molecule has 0 saturated carbocycles. The van der Waals surface area contributed by atoms with Crippen molar-refractivity contribution in [1.82, 2.24) is 9.88 Å². The standard InChI is InChI=1S/C14H12BrN3O2S/c1-8-7-21-13(16-8)18-12(19)11(17(2)14(18)20)9-4-3-5-10(15)6-9/h3-7,11H,1-2H3/t11-/m0/s1. The topological polar surface area (TPSA) is 53.5 Å². The molecule has 0 spiro atoms. The first-order chi connectivity index (χ1) is 9.99. The van der Waals surface area contributed by atoms with Gasteiger partial charge in [-0.2, -0.15) is 0 Å². The number of aromatic nitrogens is 1. The highest BCUT2D eigenvalue weighted by Crippen LogP contribution is 2.35. The summed E-state index contributed by atoms with van der Waals surface area (Å²) >= 11 is 4.68. The van der Waals surface area contributed by atoms with Crippen molar-refractivity contribution < 1.29 is 9.59 Å². The number of likely N-dealkylation sites (N-methyl/N-ethyl adjacent to an activating group) is 1. The van der Waals surface area contributed by atoms with Crippen molar-refractivity contribution >= 4 is 44.3 Å². The second-order valence-corrected chi connectivity index (χ2v) is 6.55. The Morgan fingerprint density at radius 1 is 1.33 bits per heavy atom. The first kappa shape index (κ1) is 14.2. The third-order valence-electron chi connectivity index (χ3n) is 3.30. The SMILES string of the molecule is Cc1csc(N2C(=O)[C@H](c3cccc(Br)c3)N(C)C2=O)n1. The Bertz CT molecular complexity index is 731. The van der Waals surface area contributed by atoms with Gasteiger partial charge in [0.15, 0.2) is 0 Å². The smallest absolute Gasteiger partial charge is 0.311 e. The molecule has 2 aromatic rings. The second kappa shape index (κ2) is 5.23. The van der Waals surface area contributed by atoms with Gasteiger partial charge < -0.3 is 4.90 Å². The molecule has 1 saturated heterocycles. The molecule has 1 fully saturated rings. The average molecular weight is 366 g/mol. The number of benzene rings is 1. The fourth-order valence-corrected chi connectivity index (χ4v) is 3.53. The van der Waals surface area contributed by atoms with Crippen LogP contribution in [0.5, 0.6) is 0 Å². The van der Waals surface area contributed by atoms with Gasteiger partial charge in [0.2, 0.25) is 5.13 Å². The third-order valence-corrected chi connectivity index (χ3v) is 4.73. The normalized spacial score (nSPS) is 18.7. The molecule has 1 aromatic carbocycles. The molecule has 0 unspecified atom stereocenters. The molecule has 5 nitrogen and oxygen atoms in total. The van der Waals surface area contributed by atoms with Crippen LogP contribution in [0.15, 0.2) is 34.1 Å². The highest BCUT2D eigenvalue weighted by Gasteiger charge is 2.45. The Kier molecular flexibility index (Phi) is 3.54. The van der Waals surface area contributed by atoms with E-state index in [0.29, 0.717) is 5.13 Å². The maximum Gasteiger partial charge on any atom is 0.334 e. The summed E-state index contributed by atoms with van der Waals surface area (Å²) in [6, 6.07) is 6.46. The monoisotopic (exact) mass is 365 g/mol. The third kappa shape index (κ3) is 2.36. The van der Waals surface area contributed by atoms with Crippen LogP contribution in [0.25, 0.3) is 0 Å². The maximum atomic E-state index is 12.7. The van der Waals surface area contributed by atoms with Gasteiger partial charge in [-0.1, -0.05) is 28.1 Å². The van der Waals surface area contributed by atoms with Crippen molar-refractivity contribution in [2.45, 2.75) is 13.0 Å². The lowest BCUT2D eigenvalue weighted by molar-refractivity contribution is -0.119. The largest absolute Gasteiger partial charge is 0.334 e. The van der Waals surface area contributed by atoms with Crippen molar-refractivity contribution in [2.75, 3.05) is 11.9 Å². The van der Waals surface area contributed by atoms with E-state index in [1.54, 1.807) is 7.05 Å². The molecular weight excluding hydrogens is 354 g/mol. The van der Waals surface area contributed by atoms with Gasteiger partial charge in [0.1, 0.15) is 6.04 Å². The van der Waals surface area contributed by atoms with Crippen LogP contribution >= 0.6 is 27.3 Å². The summed E-state index contributed by atoms with van der Waals surface area (Å²) in [7, 11) is 1.63. The minimum absolute atomic E-state index is 0.269. The summed E-state index contributed by atoms with van der Waals surface area (Å²) in [6.07, 6.45) is 0. The molecule has 1 aliphatic rings. The van der Waals surface area contributed by atoms with Crippen LogP contribution < -0.4 is 4.90 Å². The summed E-state index contributed by atoms with van der Waals surface area (Å²) < 4.78 is 0.872. The molecule has 0 bridgehead atoms. The number of amides is 3. The number of imide groups is 1. The Balaban J connectivity index is 2.01. The molecule has 1 aliphatic heterocycles. The maximum absolute atomic E-state index is 12.7. The number of halogens is 1. The predicted molar refractivity (Wildman–Crippen MR) is 84.4 cm³/mol. The zero-order chi connectivity index (χ0) is 15.1. The number of carbonyl (C=O) groups excluding carboxylic acids is 2. The molecule has 0 radical (unpaired) electrons. The van der Waals surface area contributed by atoms with Gasteiger partial charge in [-0.3, -0.25) is 4.79 Å². The number of rotatable bonds is 2. The highest BCUT2D eigenvalue weighted by atomic mass is 79.9. The molecule has 1 atom stereocenters. The molecule has 1 aromatic heterocycles. The molecular formula is C14H12BrN3O2S. The van der Waals surface area contributed by atoms with Gasteiger partial charge in [-0.15, -0.1) is 11.3 Å². The van der Waals surface area contributed by atoms with Crippen molar-refractivity contribution in [3.63, 3.8) is 0 Å². The number of nitrogens with zero attached hydrogens (tertiary/aromatic N) is 3. The van der Waals surface area contributed by atoms with Crippen molar-refractivity contribution in [2.24, 2.45) is 0 Å². The lowest BCUT2D eigenvalue weighted by Gasteiger charge is -2.16. The number of hydrogen-bond donors (Lipinski definition) is 0. The number of thiazole rings is 1. The van der Waals surface area contributed by atoms with E-state index in [2.05, 4.69) is 20.9 Å². The number of carbonyl (C=O) groups is 2. The van der Waals surface area contributed by atoms with E-state index in [4.69, 9.17) is 0 Å². The lowest BCUT2D eigenvalue weighted by atomic mass is 10.1. The van der Waals surface area contributed by atoms with Gasteiger partial charge in [0, 0.05) is 16.9 Å². The lowest BCUT2D eigenvalue weighted by Crippen LogP contribution is -2.31. The molecule has 3 amide bonds. The predicted octanol–water partition coefficient (Wildman–Crippen LogP) is 3.35. The Hall–Kier alpha value is -1.73. The number of hydrogen-bond acceptors (Lipinski definition) is 4. The number of urea groups is 1. The number of anilines is 1. The Labute approximate surface area is 134 Å². The minimum atomic E-state index is -0.612. The van der Waals surface area contributed by atoms with E-state index in [1.165, 1.54) is 16.2 Å². The van der Waals surface area contributed by atoms with Crippen LogP contribution in [0.1, 0.15) is 17.3 Å². The van der Waals surface area contributed by atoms with Crippen LogP contribution in [0.4, 0.5) is 9.93 Å². The minimum Gasteiger partial charge on any atom is -0.311 e. The molecule has 2 heterocycles. The first-order valence-electron chi connectivity index (χ1n) is 6.27. The average Bonchev–Trinajstić information content (AvgIpc) is 2.93. The van der Waals surface area contributed by atoms with Crippen molar-refractivity contribution in [3.05, 3.63) is 45.4 Å². The molecule has 21 heavy (non-hydrogen) atoms. The summed E-state index contributed by atoms with van der Waals surface area (Å²) in [6.45, 7) is 1.83. The second-order valence-electron chi connectivity index (χ2n) is 4.80. The van der Waals surface area contributed by atoms with E-state index in [9.17, 15) is 9.59 Å². The van der Waals surface area contributed by atoms with Gasteiger partial charge in [0.05, 0.1) is 5.69 Å². The zero-order valence-electron chi connectivity index (χ0n) is 11.4. The van der Waals surface area contributed by atoms with Crippen molar-refractivity contribution in [1.29, 1.82) is 0 Å². The van der Waals surface area contributed by atoms with Crippen LogP contribution in [0.3, 0.4) is 0 Å².